The Morgan fingerprint density at radius 1 is 1.26 bits per heavy atom. The molecule has 2 saturated heterocycles. The van der Waals surface area contributed by atoms with Crippen LogP contribution in [0.3, 0.4) is 0 Å². The lowest BCUT2D eigenvalue weighted by Gasteiger charge is -2.32. The molecule has 23 heavy (non-hydrogen) atoms. The summed E-state index contributed by atoms with van der Waals surface area (Å²) < 4.78 is 0. The van der Waals surface area contributed by atoms with Crippen molar-refractivity contribution in [2.75, 3.05) is 32.7 Å². The van der Waals surface area contributed by atoms with Crippen molar-refractivity contribution in [2.45, 2.75) is 63.6 Å². The van der Waals surface area contributed by atoms with Crippen molar-refractivity contribution in [3.05, 3.63) is 0 Å². The molecule has 0 spiro atoms. The van der Waals surface area contributed by atoms with E-state index >= 15 is 0 Å². The van der Waals surface area contributed by atoms with Crippen molar-refractivity contribution in [1.82, 2.24) is 14.7 Å². The minimum absolute atomic E-state index is 0.165. The van der Waals surface area contributed by atoms with Crippen LogP contribution in [-0.2, 0) is 9.59 Å². The van der Waals surface area contributed by atoms with E-state index < -0.39 is 6.10 Å². The van der Waals surface area contributed by atoms with Crippen LogP contribution in [0.5, 0.6) is 0 Å². The highest BCUT2D eigenvalue weighted by Gasteiger charge is 2.35. The zero-order valence-corrected chi connectivity index (χ0v) is 14.1. The fraction of sp³-hybridized carbons (Fsp3) is 0.882. The van der Waals surface area contributed by atoms with E-state index in [1.807, 2.05) is 4.90 Å². The minimum Gasteiger partial charge on any atom is -0.390 e. The number of nitrogens with zero attached hydrogens (tertiary/aromatic N) is 3. The standard InChI is InChI=1S/C17H29N3O3/c1-13(21)20(14-6-7-14)10-15-4-2-8-18(15)11-16(22)12-19-9-3-5-17(19)23/h14-16,22H,2-12H2,1H3. The fourth-order valence-corrected chi connectivity index (χ4v) is 3.97. The molecule has 2 atom stereocenters. The summed E-state index contributed by atoms with van der Waals surface area (Å²) in [4.78, 5) is 29.6. The molecular weight excluding hydrogens is 294 g/mol. The Morgan fingerprint density at radius 3 is 2.65 bits per heavy atom. The second-order valence-electron chi connectivity index (χ2n) is 7.29. The maximum atomic E-state index is 11.8. The zero-order chi connectivity index (χ0) is 16.4. The molecule has 130 valence electrons. The lowest BCUT2D eigenvalue weighted by Crippen LogP contribution is -2.47. The molecule has 2 aliphatic heterocycles. The van der Waals surface area contributed by atoms with Crippen LogP contribution in [-0.4, -0.2) is 82.5 Å². The summed E-state index contributed by atoms with van der Waals surface area (Å²) in [5.41, 5.74) is 0. The monoisotopic (exact) mass is 323 g/mol. The van der Waals surface area contributed by atoms with Gasteiger partial charge in [0.05, 0.1) is 6.10 Å². The number of hydrogen-bond acceptors (Lipinski definition) is 4. The van der Waals surface area contributed by atoms with Crippen molar-refractivity contribution < 1.29 is 14.7 Å². The average Bonchev–Trinajstić information content (AvgIpc) is 3.12. The quantitative estimate of drug-likeness (QED) is 0.739. The van der Waals surface area contributed by atoms with Crippen LogP contribution in [0.15, 0.2) is 0 Å². The molecule has 1 aliphatic carbocycles. The summed E-state index contributed by atoms with van der Waals surface area (Å²) in [7, 11) is 0. The second-order valence-corrected chi connectivity index (χ2v) is 7.29. The maximum Gasteiger partial charge on any atom is 0.222 e. The average molecular weight is 323 g/mol. The molecule has 2 heterocycles. The highest BCUT2D eigenvalue weighted by atomic mass is 16.3. The van der Waals surface area contributed by atoms with Gasteiger partial charge in [-0.25, -0.2) is 0 Å². The summed E-state index contributed by atoms with van der Waals surface area (Å²) in [6, 6.07) is 0.797. The van der Waals surface area contributed by atoms with Crippen molar-refractivity contribution >= 4 is 11.8 Å². The predicted molar refractivity (Wildman–Crippen MR) is 86.8 cm³/mol. The van der Waals surface area contributed by atoms with Gasteiger partial charge in [-0.15, -0.1) is 0 Å². The molecule has 1 saturated carbocycles. The van der Waals surface area contributed by atoms with E-state index in [0.29, 0.717) is 31.6 Å². The Labute approximate surface area is 138 Å². The molecule has 3 rings (SSSR count). The lowest BCUT2D eigenvalue weighted by molar-refractivity contribution is -0.131. The number of aliphatic hydroxyl groups is 1. The molecule has 2 unspecified atom stereocenters. The Balaban J connectivity index is 1.49. The third-order valence-corrected chi connectivity index (χ3v) is 5.35. The summed E-state index contributed by atoms with van der Waals surface area (Å²) in [5.74, 6) is 0.334. The van der Waals surface area contributed by atoms with Crippen LogP contribution in [0.1, 0.15) is 45.4 Å². The van der Waals surface area contributed by atoms with Gasteiger partial charge < -0.3 is 14.9 Å². The Kier molecular flexibility index (Phi) is 5.21. The third-order valence-electron chi connectivity index (χ3n) is 5.35. The topological polar surface area (TPSA) is 64.1 Å². The smallest absolute Gasteiger partial charge is 0.222 e. The van der Waals surface area contributed by atoms with E-state index in [4.69, 9.17) is 0 Å². The van der Waals surface area contributed by atoms with Gasteiger partial charge in [-0.2, -0.15) is 0 Å². The van der Waals surface area contributed by atoms with E-state index in [1.54, 1.807) is 11.8 Å². The largest absolute Gasteiger partial charge is 0.390 e. The number of likely N-dealkylation sites (tertiary alicyclic amines) is 2. The number of carbonyl (C=O) groups is 2. The van der Waals surface area contributed by atoms with Crippen molar-refractivity contribution in [2.24, 2.45) is 0 Å². The third kappa shape index (κ3) is 4.23. The van der Waals surface area contributed by atoms with E-state index in [1.165, 1.54) is 0 Å². The second kappa shape index (κ2) is 7.18. The van der Waals surface area contributed by atoms with Gasteiger partial charge in [0.15, 0.2) is 0 Å². The SMILES string of the molecule is CC(=O)N(CC1CCCN1CC(O)CN1CCCC1=O)C1CC1. The maximum absolute atomic E-state index is 11.8. The summed E-state index contributed by atoms with van der Waals surface area (Å²) in [6.07, 6.45) is 5.51. The van der Waals surface area contributed by atoms with Crippen molar-refractivity contribution in [1.29, 1.82) is 0 Å². The number of amides is 2. The summed E-state index contributed by atoms with van der Waals surface area (Å²) in [6.45, 7) is 5.25. The first-order valence-electron chi connectivity index (χ1n) is 9.01. The molecule has 0 aromatic heterocycles. The van der Waals surface area contributed by atoms with Crippen LogP contribution < -0.4 is 0 Å². The van der Waals surface area contributed by atoms with E-state index in [0.717, 1.165) is 51.7 Å². The summed E-state index contributed by atoms with van der Waals surface area (Å²) in [5, 5.41) is 10.4. The highest BCUT2D eigenvalue weighted by molar-refractivity contribution is 5.78. The fourth-order valence-electron chi connectivity index (χ4n) is 3.97. The molecule has 6 nitrogen and oxygen atoms in total. The van der Waals surface area contributed by atoms with Gasteiger partial charge in [-0.3, -0.25) is 14.5 Å². The van der Waals surface area contributed by atoms with Crippen molar-refractivity contribution in [3.63, 3.8) is 0 Å². The lowest BCUT2D eigenvalue weighted by atomic mass is 10.2. The molecule has 0 radical (unpaired) electrons. The predicted octanol–water partition coefficient (Wildman–Crippen LogP) is 0.445. The highest BCUT2D eigenvalue weighted by Crippen LogP contribution is 2.29. The van der Waals surface area contributed by atoms with Crippen molar-refractivity contribution in [3.8, 4) is 0 Å². The van der Waals surface area contributed by atoms with E-state index in [9.17, 15) is 14.7 Å². The van der Waals surface area contributed by atoms with Gasteiger partial charge in [0.25, 0.3) is 0 Å². The van der Waals surface area contributed by atoms with Gasteiger partial charge >= 0.3 is 0 Å². The Bertz CT molecular complexity index is 452. The van der Waals surface area contributed by atoms with Crippen LogP contribution in [0.25, 0.3) is 0 Å². The molecule has 3 aliphatic rings. The molecule has 0 bridgehead atoms. The molecule has 3 fully saturated rings. The number of carbonyl (C=O) groups excluding carboxylic acids is 2. The zero-order valence-electron chi connectivity index (χ0n) is 14.1. The first kappa shape index (κ1) is 16.7. The van der Waals surface area contributed by atoms with Crippen LogP contribution in [0, 0.1) is 0 Å². The van der Waals surface area contributed by atoms with Crippen LogP contribution in [0.4, 0.5) is 0 Å². The van der Waals surface area contributed by atoms with E-state index in [-0.39, 0.29) is 11.8 Å². The first-order valence-corrected chi connectivity index (χ1v) is 9.01. The number of β-amino-alcohol motifs (C(OH)–C–C–N with tert-alkyl or cyclic N) is 1. The Hall–Kier alpha value is -1.14. The van der Waals surface area contributed by atoms with Gasteiger partial charge in [-0.05, 0) is 38.6 Å². The van der Waals surface area contributed by atoms with Crippen LogP contribution >= 0.6 is 0 Å². The van der Waals surface area contributed by atoms with Gasteiger partial charge in [0.1, 0.15) is 0 Å². The molecule has 0 aromatic carbocycles. The minimum atomic E-state index is -0.496. The Morgan fingerprint density at radius 2 is 2.04 bits per heavy atom. The first-order chi connectivity index (χ1) is 11.0. The van der Waals surface area contributed by atoms with E-state index in [2.05, 4.69) is 4.90 Å². The van der Waals surface area contributed by atoms with Crippen LogP contribution in [0.2, 0.25) is 0 Å². The molecular formula is C17H29N3O3. The number of hydrogen-bond donors (Lipinski definition) is 1. The van der Waals surface area contributed by atoms with Gasteiger partial charge in [0, 0.05) is 51.6 Å². The molecule has 2 amide bonds. The van der Waals surface area contributed by atoms with Gasteiger partial charge in [-0.1, -0.05) is 0 Å². The summed E-state index contributed by atoms with van der Waals surface area (Å²) >= 11 is 0. The molecule has 1 N–H and O–H groups in total. The van der Waals surface area contributed by atoms with Gasteiger partial charge in [0.2, 0.25) is 11.8 Å². The molecule has 0 aromatic rings. The normalized spacial score (nSPS) is 26.8. The number of rotatable bonds is 7. The molecule has 6 heteroatoms. The number of aliphatic hydroxyl groups excluding tert-OH is 1.